The van der Waals surface area contributed by atoms with Gasteiger partial charge < -0.3 is 19.6 Å². The molecule has 1 unspecified atom stereocenters. The maximum absolute atomic E-state index is 13.2. The van der Waals surface area contributed by atoms with Crippen LogP contribution in [-0.2, 0) is 14.3 Å². The lowest BCUT2D eigenvalue weighted by Crippen LogP contribution is -2.51. The number of pyridine rings is 1. The average molecular weight is 339 g/mol. The smallest absolute Gasteiger partial charge is 0.323 e. The van der Waals surface area contributed by atoms with Gasteiger partial charge in [-0.05, 0) is 6.07 Å². The topological polar surface area (TPSA) is 100 Å². The van der Waals surface area contributed by atoms with E-state index in [4.69, 9.17) is 9.84 Å². The van der Waals surface area contributed by atoms with Gasteiger partial charge in [-0.25, -0.2) is 4.39 Å². The summed E-state index contributed by atoms with van der Waals surface area (Å²) in [6.45, 7) is 1.65. The molecular formula is C15H18FN3O5. The monoisotopic (exact) mass is 339 g/mol. The molecule has 0 radical (unpaired) electrons. The first kappa shape index (κ1) is 17.8. The highest BCUT2D eigenvalue weighted by molar-refractivity contribution is 5.94. The van der Waals surface area contributed by atoms with Crippen LogP contribution in [0.4, 0.5) is 4.39 Å². The summed E-state index contributed by atoms with van der Waals surface area (Å²) >= 11 is 0. The quantitative estimate of drug-likeness (QED) is 0.810. The largest absolute Gasteiger partial charge is 0.480 e. The van der Waals surface area contributed by atoms with Gasteiger partial charge in [0.1, 0.15) is 12.4 Å². The van der Waals surface area contributed by atoms with Crippen LogP contribution >= 0.6 is 0 Å². The number of rotatable bonds is 5. The van der Waals surface area contributed by atoms with Crippen molar-refractivity contribution in [2.24, 2.45) is 0 Å². The normalized spacial score (nSPS) is 17.4. The highest BCUT2D eigenvalue weighted by atomic mass is 19.1. The Hall–Kier alpha value is -2.55. The molecule has 2 amide bonds. The van der Waals surface area contributed by atoms with E-state index in [2.05, 4.69) is 4.98 Å². The van der Waals surface area contributed by atoms with E-state index < -0.39 is 30.3 Å². The fourth-order valence-electron chi connectivity index (χ4n) is 2.44. The van der Waals surface area contributed by atoms with E-state index in [0.717, 1.165) is 17.2 Å². The van der Waals surface area contributed by atoms with Gasteiger partial charge in [-0.3, -0.25) is 19.4 Å². The van der Waals surface area contributed by atoms with Gasteiger partial charge in [-0.2, -0.15) is 0 Å². The second kappa shape index (κ2) is 7.82. The van der Waals surface area contributed by atoms with Crippen LogP contribution in [0.25, 0.3) is 0 Å². The molecule has 1 N–H and O–H groups in total. The predicted octanol–water partition coefficient (Wildman–Crippen LogP) is -0.00520. The molecule has 0 saturated carbocycles. The van der Waals surface area contributed by atoms with Gasteiger partial charge in [0.25, 0.3) is 5.91 Å². The Balaban J connectivity index is 2.01. The number of carboxylic acid groups (broad SMARTS) is 1. The predicted molar refractivity (Wildman–Crippen MR) is 79.7 cm³/mol. The van der Waals surface area contributed by atoms with Crippen molar-refractivity contribution >= 4 is 17.8 Å². The fraction of sp³-hybridized carbons (Fsp3) is 0.467. The molecule has 1 atom stereocenters. The highest BCUT2D eigenvalue weighted by Crippen LogP contribution is 2.12. The Kier molecular flexibility index (Phi) is 5.80. The molecular weight excluding hydrogens is 321 g/mol. The SMILES string of the molecule is CC(=O)N(CC(=O)O)CC1CN(C(=O)c2cncc(F)c2)CCO1. The van der Waals surface area contributed by atoms with Crippen molar-refractivity contribution in [2.45, 2.75) is 13.0 Å². The van der Waals surface area contributed by atoms with Gasteiger partial charge in [-0.15, -0.1) is 0 Å². The number of hydrogen-bond donors (Lipinski definition) is 1. The van der Waals surface area contributed by atoms with Crippen LogP contribution in [0.1, 0.15) is 17.3 Å². The molecule has 0 spiro atoms. The van der Waals surface area contributed by atoms with Crippen molar-refractivity contribution in [1.29, 1.82) is 0 Å². The summed E-state index contributed by atoms with van der Waals surface area (Å²) in [6, 6.07) is 1.10. The summed E-state index contributed by atoms with van der Waals surface area (Å²) in [7, 11) is 0. The summed E-state index contributed by atoms with van der Waals surface area (Å²) in [5, 5.41) is 8.84. The third-order valence-electron chi connectivity index (χ3n) is 3.57. The minimum absolute atomic E-state index is 0.0623. The minimum atomic E-state index is -1.13. The van der Waals surface area contributed by atoms with Crippen molar-refractivity contribution in [2.75, 3.05) is 32.8 Å². The number of aromatic nitrogens is 1. The summed E-state index contributed by atoms with van der Waals surface area (Å²) in [6.07, 6.45) is 1.78. The van der Waals surface area contributed by atoms with Crippen LogP contribution in [0.15, 0.2) is 18.5 Å². The Morgan fingerprint density at radius 3 is 2.83 bits per heavy atom. The van der Waals surface area contributed by atoms with Crippen LogP contribution in [0.2, 0.25) is 0 Å². The van der Waals surface area contributed by atoms with E-state index in [1.165, 1.54) is 18.0 Å². The summed E-state index contributed by atoms with van der Waals surface area (Å²) in [5.74, 6) is -2.50. The molecule has 0 bridgehead atoms. The molecule has 1 fully saturated rings. The van der Waals surface area contributed by atoms with E-state index in [1.807, 2.05) is 0 Å². The number of ether oxygens (including phenoxy) is 1. The van der Waals surface area contributed by atoms with Crippen LogP contribution in [0.3, 0.4) is 0 Å². The van der Waals surface area contributed by atoms with Crippen LogP contribution < -0.4 is 0 Å². The molecule has 2 rings (SSSR count). The molecule has 0 aliphatic carbocycles. The molecule has 1 aromatic rings. The number of hydrogen-bond acceptors (Lipinski definition) is 5. The number of halogens is 1. The zero-order valence-corrected chi connectivity index (χ0v) is 13.1. The number of carbonyl (C=O) groups excluding carboxylic acids is 2. The van der Waals surface area contributed by atoms with Gasteiger partial charge in [-0.1, -0.05) is 0 Å². The first-order valence-corrected chi connectivity index (χ1v) is 7.35. The van der Waals surface area contributed by atoms with Gasteiger partial charge in [0.05, 0.1) is 24.5 Å². The maximum atomic E-state index is 13.2. The third kappa shape index (κ3) is 4.72. The lowest BCUT2D eigenvalue weighted by atomic mass is 10.2. The second-order valence-electron chi connectivity index (χ2n) is 5.43. The van der Waals surface area contributed by atoms with Crippen molar-refractivity contribution in [3.8, 4) is 0 Å². The molecule has 24 heavy (non-hydrogen) atoms. The maximum Gasteiger partial charge on any atom is 0.323 e. The highest BCUT2D eigenvalue weighted by Gasteiger charge is 2.28. The van der Waals surface area contributed by atoms with E-state index >= 15 is 0 Å². The van der Waals surface area contributed by atoms with Gasteiger partial charge in [0.15, 0.2) is 0 Å². The van der Waals surface area contributed by atoms with Crippen LogP contribution in [-0.4, -0.2) is 76.6 Å². The number of aliphatic carboxylic acids is 1. The summed E-state index contributed by atoms with van der Waals surface area (Å²) in [4.78, 5) is 41.0. The van der Waals surface area contributed by atoms with Crippen LogP contribution in [0, 0.1) is 5.82 Å². The molecule has 9 heteroatoms. The number of nitrogens with zero attached hydrogens (tertiary/aromatic N) is 3. The van der Waals surface area contributed by atoms with Crippen molar-refractivity contribution < 1.29 is 28.6 Å². The van der Waals surface area contributed by atoms with Gasteiger partial charge in [0, 0.05) is 32.8 Å². The van der Waals surface area contributed by atoms with Crippen molar-refractivity contribution in [3.05, 3.63) is 29.8 Å². The van der Waals surface area contributed by atoms with Crippen molar-refractivity contribution in [3.63, 3.8) is 0 Å². The number of amides is 2. The first-order valence-electron chi connectivity index (χ1n) is 7.35. The van der Waals surface area contributed by atoms with E-state index in [-0.39, 0.29) is 31.2 Å². The molecule has 1 saturated heterocycles. The Morgan fingerprint density at radius 1 is 1.46 bits per heavy atom. The number of carboxylic acids is 1. The summed E-state index contributed by atoms with van der Waals surface area (Å²) in [5.41, 5.74) is 0.129. The van der Waals surface area contributed by atoms with Crippen molar-refractivity contribution in [1.82, 2.24) is 14.8 Å². The molecule has 8 nitrogen and oxygen atoms in total. The van der Waals surface area contributed by atoms with E-state index in [0.29, 0.717) is 6.54 Å². The standard InChI is InChI=1S/C15H18FN3O5/c1-10(20)19(9-14(21)22)8-13-7-18(2-3-24-13)15(23)11-4-12(16)6-17-5-11/h4-6,13H,2-3,7-9H2,1H3,(H,21,22). The third-order valence-corrected chi connectivity index (χ3v) is 3.57. The lowest BCUT2D eigenvalue weighted by molar-refractivity contribution is -0.145. The molecule has 1 aliphatic heterocycles. The first-order chi connectivity index (χ1) is 11.4. The second-order valence-corrected chi connectivity index (χ2v) is 5.43. The molecule has 130 valence electrons. The molecule has 0 aromatic carbocycles. The molecule has 1 aromatic heterocycles. The lowest BCUT2D eigenvalue weighted by Gasteiger charge is -2.35. The zero-order chi connectivity index (χ0) is 17.7. The molecule has 2 heterocycles. The Bertz CT molecular complexity index is 639. The number of carbonyl (C=O) groups is 3. The summed E-state index contributed by atoms with van der Waals surface area (Å²) < 4.78 is 18.7. The number of morpholine rings is 1. The van der Waals surface area contributed by atoms with Gasteiger partial charge in [0.2, 0.25) is 5.91 Å². The Morgan fingerprint density at radius 2 is 2.21 bits per heavy atom. The zero-order valence-electron chi connectivity index (χ0n) is 13.1. The minimum Gasteiger partial charge on any atom is -0.480 e. The Labute approximate surface area is 137 Å². The van der Waals surface area contributed by atoms with Gasteiger partial charge >= 0.3 is 5.97 Å². The fourth-order valence-corrected chi connectivity index (χ4v) is 2.44. The van der Waals surface area contributed by atoms with E-state index in [9.17, 15) is 18.8 Å². The van der Waals surface area contributed by atoms with Crippen LogP contribution in [0.5, 0.6) is 0 Å². The average Bonchev–Trinajstić information content (AvgIpc) is 2.53. The van der Waals surface area contributed by atoms with E-state index in [1.54, 1.807) is 0 Å². The molecule has 1 aliphatic rings.